The molecule has 0 bridgehead atoms. The lowest BCUT2D eigenvalue weighted by molar-refractivity contribution is 0.255. The molecular weight excluding hydrogens is 197 g/mol. The molecule has 0 aliphatic carbocycles. The number of rotatable bonds is 1. The Balaban J connectivity index is 2.36. The van der Waals surface area contributed by atoms with Crippen LogP contribution in [0, 0.1) is 5.82 Å². The molecule has 1 aliphatic rings. The van der Waals surface area contributed by atoms with E-state index in [1.54, 1.807) is 6.07 Å². The van der Waals surface area contributed by atoms with Gasteiger partial charge in [-0.2, -0.15) is 0 Å². The highest BCUT2D eigenvalue weighted by molar-refractivity contribution is 5.72. The Hall–Kier alpha value is -1.78. The minimum atomic E-state index is -0.312. The molecule has 15 heavy (non-hydrogen) atoms. The smallest absolute Gasteiger partial charge is 0.282 e. The molecule has 1 heterocycles. The normalized spacial score (nSPS) is 20.6. The summed E-state index contributed by atoms with van der Waals surface area (Å²) in [7, 11) is 0. The SMILES string of the molecule is NC1=NC(c2cc(N)ccc2F)CCO1. The molecule has 0 fully saturated rings. The van der Waals surface area contributed by atoms with E-state index in [1.807, 2.05) is 0 Å². The predicted octanol–water partition coefficient (Wildman–Crippen LogP) is 1.18. The molecule has 4 nitrogen and oxygen atoms in total. The van der Waals surface area contributed by atoms with Crippen LogP contribution in [-0.2, 0) is 4.74 Å². The monoisotopic (exact) mass is 209 g/mol. The van der Waals surface area contributed by atoms with E-state index >= 15 is 0 Å². The highest BCUT2D eigenvalue weighted by Crippen LogP contribution is 2.27. The molecule has 1 atom stereocenters. The van der Waals surface area contributed by atoms with Gasteiger partial charge in [0.2, 0.25) is 0 Å². The molecule has 0 aromatic heterocycles. The van der Waals surface area contributed by atoms with Crippen LogP contribution in [0.3, 0.4) is 0 Å². The van der Waals surface area contributed by atoms with Gasteiger partial charge in [0.15, 0.2) is 0 Å². The number of nitrogens with two attached hydrogens (primary N) is 2. The number of ether oxygens (including phenoxy) is 1. The Morgan fingerprint density at radius 2 is 2.20 bits per heavy atom. The summed E-state index contributed by atoms with van der Waals surface area (Å²) in [6, 6.07) is 4.26. The van der Waals surface area contributed by atoms with Gasteiger partial charge < -0.3 is 16.2 Å². The van der Waals surface area contributed by atoms with Gasteiger partial charge >= 0.3 is 0 Å². The van der Waals surface area contributed by atoms with Crippen LogP contribution < -0.4 is 11.5 Å². The van der Waals surface area contributed by atoms with E-state index in [-0.39, 0.29) is 17.9 Å². The number of halogens is 1. The fraction of sp³-hybridized carbons (Fsp3) is 0.300. The Morgan fingerprint density at radius 1 is 1.40 bits per heavy atom. The minimum Gasteiger partial charge on any atom is -0.465 e. The van der Waals surface area contributed by atoms with Crippen molar-refractivity contribution in [3.05, 3.63) is 29.6 Å². The van der Waals surface area contributed by atoms with Gasteiger partial charge in [0.25, 0.3) is 6.02 Å². The van der Waals surface area contributed by atoms with Crippen LogP contribution in [-0.4, -0.2) is 12.6 Å². The van der Waals surface area contributed by atoms with Crippen LogP contribution in [0.2, 0.25) is 0 Å². The molecule has 0 saturated carbocycles. The van der Waals surface area contributed by atoms with Gasteiger partial charge in [-0.1, -0.05) is 0 Å². The lowest BCUT2D eigenvalue weighted by Gasteiger charge is -2.19. The summed E-state index contributed by atoms with van der Waals surface area (Å²) in [4.78, 5) is 4.03. The minimum absolute atomic E-state index is 0.105. The highest BCUT2D eigenvalue weighted by atomic mass is 19.1. The zero-order valence-electron chi connectivity index (χ0n) is 8.11. The molecule has 1 aromatic carbocycles. The first kappa shape index (κ1) is 9.76. The average Bonchev–Trinajstić information content (AvgIpc) is 2.22. The zero-order valence-corrected chi connectivity index (χ0v) is 8.11. The quantitative estimate of drug-likeness (QED) is 0.682. The van der Waals surface area contributed by atoms with Crippen LogP contribution in [0.25, 0.3) is 0 Å². The van der Waals surface area contributed by atoms with Crippen LogP contribution in [0.15, 0.2) is 23.2 Å². The molecule has 80 valence electrons. The molecule has 1 aliphatic heterocycles. The first-order chi connectivity index (χ1) is 7.16. The van der Waals surface area contributed by atoms with Gasteiger partial charge in [0, 0.05) is 17.7 Å². The Bertz CT molecular complexity index is 406. The van der Waals surface area contributed by atoms with Crippen molar-refractivity contribution in [3.8, 4) is 0 Å². The second-order valence-electron chi connectivity index (χ2n) is 3.40. The van der Waals surface area contributed by atoms with E-state index in [4.69, 9.17) is 16.2 Å². The third-order valence-corrected chi connectivity index (χ3v) is 2.30. The zero-order chi connectivity index (χ0) is 10.8. The first-order valence-electron chi connectivity index (χ1n) is 4.68. The summed E-state index contributed by atoms with van der Waals surface area (Å²) in [6.45, 7) is 0.453. The van der Waals surface area contributed by atoms with E-state index < -0.39 is 0 Å². The number of nitrogen functional groups attached to an aromatic ring is 1. The molecule has 0 radical (unpaired) electrons. The van der Waals surface area contributed by atoms with Crippen LogP contribution >= 0.6 is 0 Å². The number of nitrogens with zero attached hydrogens (tertiary/aromatic N) is 1. The van der Waals surface area contributed by atoms with Gasteiger partial charge in [0.05, 0.1) is 12.6 Å². The second kappa shape index (κ2) is 3.76. The van der Waals surface area contributed by atoms with Crippen molar-refractivity contribution < 1.29 is 9.13 Å². The molecule has 4 N–H and O–H groups in total. The highest BCUT2D eigenvalue weighted by Gasteiger charge is 2.19. The van der Waals surface area contributed by atoms with Crippen molar-refractivity contribution in [2.45, 2.75) is 12.5 Å². The maximum atomic E-state index is 13.5. The molecule has 2 rings (SSSR count). The molecular formula is C10H12FN3O. The lowest BCUT2D eigenvalue weighted by atomic mass is 10.0. The molecule has 0 spiro atoms. The summed E-state index contributed by atoms with van der Waals surface area (Å²) in [5, 5.41) is 0. The van der Waals surface area contributed by atoms with E-state index in [0.717, 1.165) is 0 Å². The van der Waals surface area contributed by atoms with Crippen molar-refractivity contribution in [3.63, 3.8) is 0 Å². The summed E-state index contributed by atoms with van der Waals surface area (Å²) < 4.78 is 18.4. The van der Waals surface area contributed by atoms with Crippen molar-refractivity contribution >= 4 is 11.7 Å². The van der Waals surface area contributed by atoms with Gasteiger partial charge in [-0.25, -0.2) is 9.38 Å². The number of hydrogen-bond donors (Lipinski definition) is 2. The van der Waals surface area contributed by atoms with Crippen LogP contribution in [0.4, 0.5) is 10.1 Å². The number of anilines is 1. The standard InChI is InChI=1S/C10H12FN3O/c11-8-2-1-6(12)5-7(8)9-3-4-15-10(13)14-9/h1-2,5,9H,3-4,12H2,(H2,13,14). The number of hydrogen-bond acceptors (Lipinski definition) is 4. The summed E-state index contributed by atoms with van der Waals surface area (Å²) in [6.07, 6.45) is 0.612. The third-order valence-electron chi connectivity index (χ3n) is 2.30. The number of benzene rings is 1. The maximum absolute atomic E-state index is 13.5. The van der Waals surface area contributed by atoms with Crippen molar-refractivity contribution in [1.82, 2.24) is 0 Å². The topological polar surface area (TPSA) is 73.6 Å². The molecule has 0 saturated heterocycles. The van der Waals surface area contributed by atoms with E-state index in [2.05, 4.69) is 4.99 Å². The number of aliphatic imine (C=N–C) groups is 1. The summed E-state index contributed by atoms with van der Waals surface area (Å²) >= 11 is 0. The molecule has 1 aromatic rings. The molecule has 1 unspecified atom stereocenters. The van der Waals surface area contributed by atoms with Crippen LogP contribution in [0.1, 0.15) is 18.0 Å². The molecule has 0 amide bonds. The van der Waals surface area contributed by atoms with Gasteiger partial charge in [-0.05, 0) is 18.2 Å². The van der Waals surface area contributed by atoms with Gasteiger partial charge in [-0.15, -0.1) is 0 Å². The van der Waals surface area contributed by atoms with E-state index in [9.17, 15) is 4.39 Å². The van der Waals surface area contributed by atoms with E-state index in [0.29, 0.717) is 24.3 Å². The second-order valence-corrected chi connectivity index (χ2v) is 3.40. The lowest BCUT2D eigenvalue weighted by Crippen LogP contribution is -2.24. The Morgan fingerprint density at radius 3 is 2.93 bits per heavy atom. The van der Waals surface area contributed by atoms with Gasteiger partial charge in [-0.3, -0.25) is 0 Å². The van der Waals surface area contributed by atoms with Crippen LogP contribution in [0.5, 0.6) is 0 Å². The van der Waals surface area contributed by atoms with Crippen molar-refractivity contribution in [1.29, 1.82) is 0 Å². The maximum Gasteiger partial charge on any atom is 0.282 e. The fourth-order valence-electron chi connectivity index (χ4n) is 1.57. The van der Waals surface area contributed by atoms with Crippen molar-refractivity contribution in [2.75, 3.05) is 12.3 Å². The largest absolute Gasteiger partial charge is 0.465 e. The molecule has 5 heteroatoms. The Kier molecular flexibility index (Phi) is 2.45. The van der Waals surface area contributed by atoms with E-state index in [1.165, 1.54) is 12.1 Å². The summed E-state index contributed by atoms with van der Waals surface area (Å²) in [5.74, 6) is -0.312. The predicted molar refractivity (Wildman–Crippen MR) is 55.7 cm³/mol. The third kappa shape index (κ3) is 2.01. The first-order valence-corrected chi connectivity index (χ1v) is 4.68. The average molecular weight is 209 g/mol. The van der Waals surface area contributed by atoms with Gasteiger partial charge in [0.1, 0.15) is 5.82 Å². The summed E-state index contributed by atoms with van der Waals surface area (Å²) in [5.41, 5.74) is 12.0. The van der Waals surface area contributed by atoms with Crippen molar-refractivity contribution in [2.24, 2.45) is 10.7 Å². The Labute approximate surface area is 86.7 Å². The number of amidine groups is 1. The fourth-order valence-corrected chi connectivity index (χ4v) is 1.57.